The van der Waals surface area contributed by atoms with Crippen LogP contribution in [0, 0.1) is 0 Å². The standard InChI is InChI=1S/C16H20O8/c1-3-4-8-5-6-9(10(7-8)22-2)23-16-13(19)11(17)12(18)14(24-16)15(20)21/h3,5-7,11-14,16-19H,1,4H2,2H3,(H,20,21). The van der Waals surface area contributed by atoms with Gasteiger partial charge in [0.05, 0.1) is 7.11 Å². The number of aliphatic hydroxyl groups excluding tert-OH is 3. The molecular formula is C16H20O8. The molecule has 0 aliphatic carbocycles. The molecule has 1 saturated heterocycles. The van der Waals surface area contributed by atoms with Crippen molar-refractivity contribution in [2.75, 3.05) is 7.11 Å². The van der Waals surface area contributed by atoms with Crippen LogP contribution in [0.3, 0.4) is 0 Å². The van der Waals surface area contributed by atoms with E-state index in [1.807, 2.05) is 0 Å². The van der Waals surface area contributed by atoms with Crippen molar-refractivity contribution in [1.82, 2.24) is 0 Å². The Morgan fingerprint density at radius 2 is 1.96 bits per heavy atom. The van der Waals surface area contributed by atoms with E-state index in [4.69, 9.17) is 19.3 Å². The number of hydrogen-bond donors (Lipinski definition) is 4. The maximum Gasteiger partial charge on any atom is 0.335 e. The van der Waals surface area contributed by atoms with E-state index in [9.17, 15) is 20.1 Å². The lowest BCUT2D eigenvalue weighted by molar-refractivity contribution is -0.271. The van der Waals surface area contributed by atoms with E-state index < -0.39 is 36.7 Å². The molecule has 1 heterocycles. The molecule has 24 heavy (non-hydrogen) atoms. The van der Waals surface area contributed by atoms with Gasteiger partial charge < -0.3 is 34.6 Å². The number of hydrogen-bond acceptors (Lipinski definition) is 7. The van der Waals surface area contributed by atoms with Gasteiger partial charge in [-0.2, -0.15) is 0 Å². The molecule has 0 saturated carbocycles. The summed E-state index contributed by atoms with van der Waals surface area (Å²) in [5.41, 5.74) is 0.915. The summed E-state index contributed by atoms with van der Waals surface area (Å²) in [6.45, 7) is 3.65. The summed E-state index contributed by atoms with van der Waals surface area (Å²) >= 11 is 0. The molecule has 8 heteroatoms. The highest BCUT2D eigenvalue weighted by Gasteiger charge is 2.48. The van der Waals surface area contributed by atoms with Crippen LogP contribution in [0.2, 0.25) is 0 Å². The Labute approximate surface area is 138 Å². The molecule has 132 valence electrons. The molecule has 0 amide bonds. The first-order chi connectivity index (χ1) is 11.4. The molecule has 0 radical (unpaired) electrons. The zero-order valence-corrected chi connectivity index (χ0v) is 13.0. The number of rotatable bonds is 6. The molecule has 5 unspecified atom stereocenters. The Morgan fingerprint density at radius 3 is 2.54 bits per heavy atom. The van der Waals surface area contributed by atoms with Gasteiger partial charge in [0, 0.05) is 0 Å². The first kappa shape index (κ1) is 18.2. The lowest BCUT2D eigenvalue weighted by Crippen LogP contribution is -2.61. The average Bonchev–Trinajstić information content (AvgIpc) is 2.56. The van der Waals surface area contributed by atoms with Crippen molar-refractivity contribution in [3.8, 4) is 11.5 Å². The fraction of sp³-hybridized carbons (Fsp3) is 0.438. The lowest BCUT2D eigenvalue weighted by atomic mass is 9.99. The van der Waals surface area contributed by atoms with E-state index in [-0.39, 0.29) is 5.75 Å². The summed E-state index contributed by atoms with van der Waals surface area (Å²) < 4.78 is 15.7. The van der Waals surface area contributed by atoms with Crippen LogP contribution in [0.25, 0.3) is 0 Å². The van der Waals surface area contributed by atoms with Gasteiger partial charge in [-0.3, -0.25) is 0 Å². The number of carboxylic acid groups (broad SMARTS) is 1. The third-order valence-corrected chi connectivity index (χ3v) is 3.66. The summed E-state index contributed by atoms with van der Waals surface area (Å²) in [6, 6.07) is 5.02. The molecule has 0 aromatic heterocycles. The summed E-state index contributed by atoms with van der Waals surface area (Å²) in [5, 5.41) is 38.4. The van der Waals surface area contributed by atoms with Gasteiger partial charge in [0.2, 0.25) is 6.29 Å². The van der Waals surface area contributed by atoms with Gasteiger partial charge in [0.15, 0.2) is 17.6 Å². The molecule has 0 bridgehead atoms. The second kappa shape index (κ2) is 7.63. The molecule has 4 N–H and O–H groups in total. The summed E-state index contributed by atoms with van der Waals surface area (Å²) in [5.74, 6) is -0.935. The van der Waals surface area contributed by atoms with Crippen molar-refractivity contribution >= 4 is 5.97 Å². The zero-order valence-electron chi connectivity index (χ0n) is 13.0. The Bertz CT molecular complexity index is 602. The normalized spacial score (nSPS) is 29.8. The Balaban J connectivity index is 2.22. The Morgan fingerprint density at radius 1 is 1.25 bits per heavy atom. The molecule has 1 aliphatic heterocycles. The van der Waals surface area contributed by atoms with E-state index >= 15 is 0 Å². The lowest BCUT2D eigenvalue weighted by Gasteiger charge is -2.38. The smallest absolute Gasteiger partial charge is 0.335 e. The van der Waals surface area contributed by atoms with Gasteiger partial charge in [-0.05, 0) is 24.1 Å². The molecule has 2 rings (SSSR count). The predicted octanol–water partition coefficient (Wildman–Crippen LogP) is -0.305. The number of carbonyl (C=O) groups is 1. The second-order valence-corrected chi connectivity index (χ2v) is 5.33. The fourth-order valence-electron chi connectivity index (χ4n) is 2.38. The molecule has 1 aliphatic rings. The fourth-order valence-corrected chi connectivity index (χ4v) is 2.38. The monoisotopic (exact) mass is 340 g/mol. The van der Waals surface area contributed by atoms with Crippen LogP contribution in [-0.4, -0.2) is 64.2 Å². The second-order valence-electron chi connectivity index (χ2n) is 5.33. The number of aliphatic hydroxyl groups is 3. The van der Waals surface area contributed by atoms with Gasteiger partial charge in [-0.25, -0.2) is 4.79 Å². The van der Waals surface area contributed by atoms with Gasteiger partial charge in [0.25, 0.3) is 0 Å². The van der Waals surface area contributed by atoms with Crippen LogP contribution in [0.1, 0.15) is 5.56 Å². The van der Waals surface area contributed by atoms with Crippen molar-refractivity contribution in [2.45, 2.75) is 37.1 Å². The first-order valence-corrected chi connectivity index (χ1v) is 7.26. The minimum atomic E-state index is -1.77. The summed E-state index contributed by atoms with van der Waals surface area (Å²) in [6.07, 6.45) is -6.00. The van der Waals surface area contributed by atoms with Crippen molar-refractivity contribution in [1.29, 1.82) is 0 Å². The summed E-state index contributed by atoms with van der Waals surface area (Å²) in [4.78, 5) is 11.1. The van der Waals surface area contributed by atoms with E-state index in [1.54, 1.807) is 24.3 Å². The number of methoxy groups -OCH3 is 1. The summed E-state index contributed by atoms with van der Waals surface area (Å²) in [7, 11) is 1.43. The first-order valence-electron chi connectivity index (χ1n) is 7.26. The van der Waals surface area contributed by atoms with Gasteiger partial charge in [-0.15, -0.1) is 6.58 Å². The van der Waals surface area contributed by atoms with Crippen LogP contribution < -0.4 is 9.47 Å². The Kier molecular flexibility index (Phi) is 5.79. The van der Waals surface area contributed by atoms with Crippen molar-refractivity contribution in [2.24, 2.45) is 0 Å². The highest BCUT2D eigenvalue weighted by molar-refractivity contribution is 5.73. The van der Waals surface area contributed by atoms with Crippen molar-refractivity contribution in [3.63, 3.8) is 0 Å². The molecule has 1 fully saturated rings. The third kappa shape index (κ3) is 3.68. The third-order valence-electron chi connectivity index (χ3n) is 3.66. The van der Waals surface area contributed by atoms with Gasteiger partial charge >= 0.3 is 5.97 Å². The quantitative estimate of drug-likeness (QED) is 0.520. The largest absolute Gasteiger partial charge is 0.493 e. The van der Waals surface area contributed by atoms with Crippen LogP contribution in [0.15, 0.2) is 30.9 Å². The number of ether oxygens (including phenoxy) is 3. The van der Waals surface area contributed by atoms with Gasteiger partial charge in [0.1, 0.15) is 18.3 Å². The SMILES string of the molecule is C=CCc1ccc(OC2OC(C(=O)O)C(O)C(O)C2O)c(OC)c1. The average molecular weight is 340 g/mol. The predicted molar refractivity (Wildman–Crippen MR) is 81.8 cm³/mol. The molecule has 1 aromatic carbocycles. The number of aliphatic carboxylic acids is 1. The van der Waals surface area contributed by atoms with E-state index in [2.05, 4.69) is 6.58 Å². The van der Waals surface area contributed by atoms with E-state index in [1.165, 1.54) is 7.11 Å². The minimum Gasteiger partial charge on any atom is -0.493 e. The maximum atomic E-state index is 11.1. The highest BCUT2D eigenvalue weighted by Crippen LogP contribution is 2.32. The van der Waals surface area contributed by atoms with Gasteiger partial charge in [-0.1, -0.05) is 12.1 Å². The van der Waals surface area contributed by atoms with E-state index in [0.717, 1.165) is 5.56 Å². The van der Waals surface area contributed by atoms with Crippen LogP contribution in [0.4, 0.5) is 0 Å². The topological polar surface area (TPSA) is 126 Å². The molecular weight excluding hydrogens is 320 g/mol. The van der Waals surface area contributed by atoms with Crippen LogP contribution >= 0.6 is 0 Å². The Hall–Kier alpha value is -2.13. The highest BCUT2D eigenvalue weighted by atomic mass is 16.7. The maximum absolute atomic E-state index is 11.1. The number of allylic oxidation sites excluding steroid dienone is 1. The van der Waals surface area contributed by atoms with Crippen molar-refractivity contribution < 1.29 is 39.4 Å². The zero-order chi connectivity index (χ0) is 17.9. The minimum absolute atomic E-state index is 0.196. The number of carboxylic acids is 1. The molecule has 0 spiro atoms. The van der Waals surface area contributed by atoms with Crippen LogP contribution in [-0.2, 0) is 16.0 Å². The van der Waals surface area contributed by atoms with Crippen LogP contribution in [0.5, 0.6) is 11.5 Å². The molecule has 5 atom stereocenters. The molecule has 1 aromatic rings. The van der Waals surface area contributed by atoms with Crippen molar-refractivity contribution in [3.05, 3.63) is 36.4 Å². The number of benzene rings is 1. The molecule has 8 nitrogen and oxygen atoms in total. The van der Waals surface area contributed by atoms with E-state index in [0.29, 0.717) is 12.2 Å².